The van der Waals surface area contributed by atoms with E-state index in [0.717, 1.165) is 42.1 Å². The zero-order valence-electron chi connectivity index (χ0n) is 24.3. The molecule has 2 N–H and O–H groups in total. The fourth-order valence-corrected chi connectivity index (χ4v) is 7.46. The molecule has 1 atom stereocenters. The number of nitrogen functional groups attached to an aromatic ring is 1. The Morgan fingerprint density at radius 1 is 1.14 bits per heavy atom. The predicted octanol–water partition coefficient (Wildman–Crippen LogP) is 7.24. The summed E-state index contributed by atoms with van der Waals surface area (Å²) in [5.41, 5.74) is 8.70. The molecule has 1 aromatic heterocycles. The molecule has 2 aromatic carbocycles. The number of halogens is 1. The van der Waals surface area contributed by atoms with Gasteiger partial charge in [0, 0.05) is 36.4 Å². The second-order valence-electron chi connectivity index (χ2n) is 10.6. The Kier molecular flexibility index (Phi) is 11.1. The van der Waals surface area contributed by atoms with Gasteiger partial charge in [-0.3, -0.25) is 4.79 Å². The number of thiophene rings is 1. The van der Waals surface area contributed by atoms with Crippen LogP contribution in [0.3, 0.4) is 0 Å². The van der Waals surface area contributed by atoms with Gasteiger partial charge in [0.1, 0.15) is 16.9 Å². The highest BCUT2D eigenvalue weighted by molar-refractivity contribution is 7.96. The molecular weight excluding hydrogens is 596 g/mol. The summed E-state index contributed by atoms with van der Waals surface area (Å²) in [6.45, 7) is 5.60. The highest BCUT2D eigenvalue weighted by Gasteiger charge is 2.36. The SMILES string of the molecule is COC(=O)CCCOc1c(C(=O)OC)sc(-c2cccc(OC3CCN(SCc4cccc(N)c4)C(C)(C)C3)c2)c1Cl. The van der Waals surface area contributed by atoms with Crippen molar-refractivity contribution in [3.63, 3.8) is 0 Å². The van der Waals surface area contributed by atoms with Gasteiger partial charge in [-0.15, -0.1) is 11.3 Å². The maximum absolute atomic E-state index is 12.5. The van der Waals surface area contributed by atoms with E-state index in [2.05, 4.69) is 29.0 Å². The summed E-state index contributed by atoms with van der Waals surface area (Å²) >= 11 is 9.78. The van der Waals surface area contributed by atoms with E-state index < -0.39 is 5.97 Å². The number of anilines is 1. The monoisotopic (exact) mass is 632 g/mol. The predicted molar refractivity (Wildman–Crippen MR) is 169 cm³/mol. The molecule has 4 rings (SSSR count). The van der Waals surface area contributed by atoms with Crippen LogP contribution in [0.5, 0.6) is 11.5 Å². The minimum absolute atomic E-state index is 0.0533. The zero-order valence-corrected chi connectivity index (χ0v) is 26.7. The van der Waals surface area contributed by atoms with E-state index in [1.54, 1.807) is 0 Å². The van der Waals surface area contributed by atoms with Gasteiger partial charge < -0.3 is 24.7 Å². The Morgan fingerprint density at radius 3 is 2.64 bits per heavy atom. The summed E-state index contributed by atoms with van der Waals surface area (Å²) in [6.07, 6.45) is 2.45. The first kappa shape index (κ1) is 32.0. The third-order valence-electron chi connectivity index (χ3n) is 6.97. The van der Waals surface area contributed by atoms with Crippen molar-refractivity contribution in [1.82, 2.24) is 4.31 Å². The molecule has 226 valence electrons. The molecule has 1 aliphatic heterocycles. The van der Waals surface area contributed by atoms with Gasteiger partial charge in [0.25, 0.3) is 0 Å². The maximum Gasteiger partial charge on any atom is 0.351 e. The normalized spacial score (nSPS) is 16.5. The van der Waals surface area contributed by atoms with Gasteiger partial charge in [0.15, 0.2) is 10.6 Å². The van der Waals surface area contributed by atoms with Gasteiger partial charge >= 0.3 is 11.9 Å². The summed E-state index contributed by atoms with van der Waals surface area (Å²) < 4.78 is 24.4. The second kappa shape index (κ2) is 14.5. The van der Waals surface area contributed by atoms with Crippen molar-refractivity contribution >= 4 is 52.5 Å². The molecule has 0 bridgehead atoms. The fraction of sp³-hybridized carbons (Fsp3) is 0.419. The topological polar surface area (TPSA) is 100 Å². The molecule has 11 heteroatoms. The molecule has 0 radical (unpaired) electrons. The van der Waals surface area contributed by atoms with E-state index in [1.807, 2.05) is 54.4 Å². The number of esters is 2. The Morgan fingerprint density at radius 2 is 1.93 bits per heavy atom. The number of methoxy groups -OCH3 is 2. The molecule has 0 amide bonds. The number of hydrogen-bond donors (Lipinski definition) is 1. The summed E-state index contributed by atoms with van der Waals surface area (Å²) in [6, 6.07) is 15.7. The van der Waals surface area contributed by atoms with Crippen molar-refractivity contribution < 1.29 is 28.5 Å². The van der Waals surface area contributed by atoms with E-state index in [-0.39, 0.29) is 41.3 Å². The summed E-state index contributed by atoms with van der Waals surface area (Å²) in [5.74, 6) is 0.995. The number of carbonyl (C=O) groups is 2. The smallest absolute Gasteiger partial charge is 0.351 e. The summed E-state index contributed by atoms with van der Waals surface area (Å²) in [4.78, 5) is 24.9. The Balaban J connectivity index is 1.43. The summed E-state index contributed by atoms with van der Waals surface area (Å²) in [5, 5.41) is 0.322. The quantitative estimate of drug-likeness (QED) is 0.0958. The van der Waals surface area contributed by atoms with Gasteiger partial charge in [-0.25, -0.2) is 9.10 Å². The molecule has 0 aliphatic carbocycles. The highest BCUT2D eigenvalue weighted by Crippen LogP contribution is 2.46. The average Bonchev–Trinajstić information content (AvgIpc) is 3.29. The summed E-state index contributed by atoms with van der Waals surface area (Å²) in [7, 11) is 2.65. The van der Waals surface area contributed by atoms with E-state index in [9.17, 15) is 9.59 Å². The fourth-order valence-electron chi connectivity index (χ4n) is 4.83. The van der Waals surface area contributed by atoms with Crippen LogP contribution in [0.25, 0.3) is 10.4 Å². The third-order valence-corrected chi connectivity index (χ3v) is 10.1. The van der Waals surface area contributed by atoms with E-state index in [1.165, 1.54) is 31.1 Å². The average molecular weight is 633 g/mol. The maximum atomic E-state index is 12.5. The number of nitrogens with two attached hydrogens (primary N) is 1. The Labute approximate surface area is 260 Å². The van der Waals surface area contributed by atoms with Crippen LogP contribution in [0.1, 0.15) is 54.8 Å². The van der Waals surface area contributed by atoms with E-state index >= 15 is 0 Å². The van der Waals surface area contributed by atoms with Crippen molar-refractivity contribution in [3.05, 3.63) is 64.0 Å². The van der Waals surface area contributed by atoms with E-state index in [0.29, 0.717) is 16.3 Å². The lowest BCUT2D eigenvalue weighted by atomic mass is 9.91. The van der Waals surface area contributed by atoms with Crippen LogP contribution in [0.15, 0.2) is 48.5 Å². The number of hydrogen-bond acceptors (Lipinski definition) is 10. The molecule has 1 saturated heterocycles. The molecule has 3 aromatic rings. The second-order valence-corrected chi connectivity index (χ2v) is 13.0. The third kappa shape index (κ3) is 8.12. The largest absolute Gasteiger partial charge is 0.490 e. The molecule has 0 saturated carbocycles. The molecule has 1 aliphatic rings. The first-order valence-corrected chi connectivity index (χ1v) is 15.9. The lowest BCUT2D eigenvalue weighted by molar-refractivity contribution is -0.140. The van der Waals surface area contributed by atoms with Crippen LogP contribution in [-0.2, 0) is 20.0 Å². The Hall–Kier alpha value is -2.92. The number of ether oxygens (including phenoxy) is 4. The Bertz CT molecular complexity index is 1400. The van der Waals surface area contributed by atoms with Crippen LogP contribution in [-0.4, -0.2) is 55.3 Å². The number of piperidine rings is 1. The van der Waals surface area contributed by atoms with Crippen molar-refractivity contribution in [1.29, 1.82) is 0 Å². The molecule has 0 spiro atoms. The van der Waals surface area contributed by atoms with Crippen LogP contribution < -0.4 is 15.2 Å². The van der Waals surface area contributed by atoms with Gasteiger partial charge in [-0.05, 0) is 62.1 Å². The number of benzene rings is 2. The molecule has 2 heterocycles. The van der Waals surface area contributed by atoms with Gasteiger partial charge in [0.05, 0.1) is 25.7 Å². The van der Waals surface area contributed by atoms with Crippen LogP contribution in [0.2, 0.25) is 5.02 Å². The standard InChI is InChI=1S/C31H37ClN2O6S2/c1-31(2)18-24(13-14-34(31)41-19-20-8-5-10-22(33)16-20)40-23-11-6-9-21(17-23)28-26(32)27(29(42-28)30(36)38-4)39-15-7-12-25(35)37-3/h5-6,8-11,16-17,24H,7,12-15,18-19,33H2,1-4H3. The zero-order chi connectivity index (χ0) is 30.3. The van der Waals surface area contributed by atoms with Crippen LogP contribution in [0, 0.1) is 0 Å². The number of rotatable bonds is 12. The van der Waals surface area contributed by atoms with Gasteiger partial charge in [0.2, 0.25) is 0 Å². The van der Waals surface area contributed by atoms with E-state index in [4.69, 9.17) is 31.5 Å². The number of nitrogens with zero attached hydrogens (tertiary/aromatic N) is 1. The molecular formula is C31H37ClN2O6S2. The lowest BCUT2D eigenvalue weighted by Crippen LogP contribution is -2.49. The molecule has 1 unspecified atom stereocenters. The molecule has 42 heavy (non-hydrogen) atoms. The first-order valence-electron chi connectivity index (χ1n) is 13.7. The van der Waals surface area contributed by atoms with Crippen molar-refractivity contribution in [2.24, 2.45) is 0 Å². The highest BCUT2D eigenvalue weighted by atomic mass is 35.5. The van der Waals surface area contributed by atoms with Crippen molar-refractivity contribution in [2.75, 3.05) is 33.1 Å². The molecule has 1 fully saturated rings. The van der Waals surface area contributed by atoms with Gasteiger partial charge in [-0.1, -0.05) is 47.8 Å². The molecule has 8 nitrogen and oxygen atoms in total. The first-order chi connectivity index (χ1) is 20.1. The van der Waals surface area contributed by atoms with Crippen LogP contribution in [0.4, 0.5) is 5.69 Å². The van der Waals surface area contributed by atoms with Crippen molar-refractivity contribution in [2.45, 2.75) is 56.9 Å². The number of carbonyl (C=O) groups excluding carboxylic acids is 2. The van der Waals surface area contributed by atoms with Gasteiger partial charge in [-0.2, -0.15) is 0 Å². The lowest BCUT2D eigenvalue weighted by Gasteiger charge is -2.44. The van der Waals surface area contributed by atoms with Crippen LogP contribution >= 0.6 is 34.9 Å². The minimum Gasteiger partial charge on any atom is -0.490 e. The minimum atomic E-state index is -0.536. The van der Waals surface area contributed by atoms with Crippen molar-refractivity contribution in [3.8, 4) is 21.9 Å².